The zero-order chi connectivity index (χ0) is 15.6. The van der Waals surface area contributed by atoms with Crippen molar-refractivity contribution in [2.45, 2.75) is 25.9 Å². The van der Waals surface area contributed by atoms with Gasteiger partial charge in [0.05, 0.1) is 20.1 Å². The van der Waals surface area contributed by atoms with Crippen molar-refractivity contribution < 1.29 is 19.4 Å². The number of hydrogen-bond acceptors (Lipinski definition) is 4. The number of nitrogens with zero attached hydrogens (tertiary/aromatic N) is 1. The van der Waals surface area contributed by atoms with Gasteiger partial charge in [0.15, 0.2) is 11.5 Å². The van der Waals surface area contributed by atoms with Crippen LogP contribution in [0.3, 0.4) is 0 Å². The monoisotopic (exact) mass is 357 g/mol. The van der Waals surface area contributed by atoms with Crippen LogP contribution in [0.25, 0.3) is 0 Å². The van der Waals surface area contributed by atoms with Crippen molar-refractivity contribution in [3.63, 3.8) is 0 Å². The van der Waals surface area contributed by atoms with E-state index in [9.17, 15) is 9.90 Å². The minimum Gasteiger partial charge on any atom is -0.493 e. The molecule has 0 radical (unpaired) electrons. The van der Waals surface area contributed by atoms with Crippen molar-refractivity contribution in [3.8, 4) is 11.5 Å². The van der Waals surface area contributed by atoms with Crippen molar-refractivity contribution in [3.05, 3.63) is 22.2 Å². The molecule has 1 aromatic rings. The van der Waals surface area contributed by atoms with Gasteiger partial charge >= 0.3 is 5.97 Å². The van der Waals surface area contributed by atoms with E-state index in [1.165, 1.54) is 0 Å². The van der Waals surface area contributed by atoms with Gasteiger partial charge in [-0.1, -0.05) is 15.9 Å². The maximum atomic E-state index is 11.2. The number of carboxylic acid groups (broad SMARTS) is 1. The molecule has 0 bridgehead atoms. The van der Waals surface area contributed by atoms with Crippen LogP contribution in [0.1, 0.15) is 18.9 Å². The van der Waals surface area contributed by atoms with E-state index in [1.54, 1.807) is 14.2 Å². The summed E-state index contributed by atoms with van der Waals surface area (Å²) in [7, 11) is 3.21. The molecule has 2 atom stereocenters. The summed E-state index contributed by atoms with van der Waals surface area (Å²) in [6.45, 7) is 3.45. The van der Waals surface area contributed by atoms with Gasteiger partial charge in [0, 0.05) is 17.1 Å². The van der Waals surface area contributed by atoms with E-state index in [2.05, 4.69) is 20.8 Å². The lowest BCUT2D eigenvalue weighted by atomic mass is 10.0. The first-order valence-electron chi connectivity index (χ1n) is 6.85. The molecule has 2 unspecified atom stereocenters. The summed E-state index contributed by atoms with van der Waals surface area (Å²) in [5, 5.41) is 9.20. The fourth-order valence-electron chi connectivity index (χ4n) is 2.79. The Hall–Kier alpha value is -1.27. The summed E-state index contributed by atoms with van der Waals surface area (Å²) in [6.07, 6.45) is 0.696. The van der Waals surface area contributed by atoms with Gasteiger partial charge in [-0.05, 0) is 37.6 Å². The average Bonchev–Trinajstić information content (AvgIpc) is 2.82. The average molecular weight is 358 g/mol. The highest BCUT2D eigenvalue weighted by Gasteiger charge is 2.35. The van der Waals surface area contributed by atoms with E-state index >= 15 is 0 Å². The molecule has 1 N–H and O–H groups in total. The SMILES string of the molecule is COc1cc(Br)c(CN2CCC(C(=O)O)C2C)cc1OC. The first kappa shape index (κ1) is 16.1. The largest absolute Gasteiger partial charge is 0.493 e. The van der Waals surface area contributed by atoms with Crippen LogP contribution in [-0.4, -0.2) is 42.8 Å². The molecule has 116 valence electrons. The Morgan fingerprint density at radius 2 is 2.00 bits per heavy atom. The van der Waals surface area contributed by atoms with Crippen LogP contribution in [0.4, 0.5) is 0 Å². The highest BCUT2D eigenvalue weighted by atomic mass is 79.9. The maximum Gasteiger partial charge on any atom is 0.308 e. The van der Waals surface area contributed by atoms with Gasteiger partial charge in [-0.15, -0.1) is 0 Å². The second kappa shape index (κ2) is 6.66. The van der Waals surface area contributed by atoms with Gasteiger partial charge in [0.25, 0.3) is 0 Å². The van der Waals surface area contributed by atoms with Crippen molar-refractivity contribution in [2.75, 3.05) is 20.8 Å². The van der Waals surface area contributed by atoms with Crippen molar-refractivity contribution in [2.24, 2.45) is 5.92 Å². The van der Waals surface area contributed by atoms with E-state index in [1.807, 2.05) is 19.1 Å². The number of aliphatic carboxylic acids is 1. The molecule has 1 aliphatic rings. The lowest BCUT2D eigenvalue weighted by Gasteiger charge is -2.24. The van der Waals surface area contributed by atoms with Crippen LogP contribution in [-0.2, 0) is 11.3 Å². The normalized spacial score (nSPS) is 22.3. The van der Waals surface area contributed by atoms with Gasteiger partial charge in [-0.25, -0.2) is 0 Å². The molecular formula is C15H20BrNO4. The Balaban J connectivity index is 2.19. The van der Waals surface area contributed by atoms with E-state index < -0.39 is 5.97 Å². The molecule has 1 aromatic carbocycles. The van der Waals surface area contributed by atoms with Crippen molar-refractivity contribution >= 4 is 21.9 Å². The first-order valence-corrected chi connectivity index (χ1v) is 7.64. The second-order valence-corrected chi connectivity index (χ2v) is 6.10. The minimum absolute atomic E-state index is 0.0301. The number of ether oxygens (including phenoxy) is 2. The Kier molecular flexibility index (Phi) is 5.11. The Morgan fingerprint density at radius 3 is 2.52 bits per heavy atom. The van der Waals surface area contributed by atoms with Gasteiger partial charge in [0.2, 0.25) is 0 Å². The van der Waals surface area contributed by atoms with E-state index in [0.29, 0.717) is 24.5 Å². The second-order valence-electron chi connectivity index (χ2n) is 5.24. The first-order chi connectivity index (χ1) is 9.97. The fourth-order valence-corrected chi connectivity index (χ4v) is 3.24. The molecular weight excluding hydrogens is 338 g/mol. The molecule has 1 saturated heterocycles. The molecule has 21 heavy (non-hydrogen) atoms. The van der Waals surface area contributed by atoms with E-state index in [-0.39, 0.29) is 12.0 Å². The molecule has 0 aromatic heterocycles. The smallest absolute Gasteiger partial charge is 0.308 e. The summed E-state index contributed by atoms with van der Waals surface area (Å²) >= 11 is 3.54. The van der Waals surface area contributed by atoms with Gasteiger partial charge in [0.1, 0.15) is 0 Å². The third-order valence-electron chi connectivity index (χ3n) is 4.13. The predicted octanol–water partition coefficient (Wildman–Crippen LogP) is 2.76. The Bertz CT molecular complexity index is 535. The van der Waals surface area contributed by atoms with Crippen LogP contribution < -0.4 is 9.47 Å². The van der Waals surface area contributed by atoms with Crippen molar-refractivity contribution in [1.82, 2.24) is 4.90 Å². The summed E-state index contributed by atoms with van der Waals surface area (Å²) < 4.78 is 11.5. The number of rotatable bonds is 5. The van der Waals surface area contributed by atoms with E-state index in [4.69, 9.17) is 9.47 Å². The van der Waals surface area contributed by atoms with Crippen LogP contribution in [0.5, 0.6) is 11.5 Å². The molecule has 6 heteroatoms. The Morgan fingerprint density at radius 1 is 1.38 bits per heavy atom. The van der Waals surface area contributed by atoms with Crippen LogP contribution in [0.2, 0.25) is 0 Å². The number of likely N-dealkylation sites (tertiary alicyclic amines) is 1. The Labute approximate surface area is 133 Å². The molecule has 2 rings (SSSR count). The molecule has 0 aliphatic carbocycles. The third-order valence-corrected chi connectivity index (χ3v) is 4.87. The molecule has 0 spiro atoms. The van der Waals surface area contributed by atoms with Gasteiger partial charge < -0.3 is 14.6 Å². The van der Waals surface area contributed by atoms with Gasteiger partial charge in [-0.2, -0.15) is 0 Å². The third kappa shape index (κ3) is 3.32. The number of hydrogen-bond donors (Lipinski definition) is 1. The minimum atomic E-state index is -0.712. The number of carbonyl (C=O) groups is 1. The summed E-state index contributed by atoms with van der Waals surface area (Å²) in [6, 6.07) is 3.84. The van der Waals surface area contributed by atoms with Crippen LogP contribution in [0, 0.1) is 5.92 Å². The van der Waals surface area contributed by atoms with Crippen molar-refractivity contribution in [1.29, 1.82) is 0 Å². The zero-order valence-corrected chi connectivity index (χ0v) is 14.0. The van der Waals surface area contributed by atoms with Crippen LogP contribution in [0.15, 0.2) is 16.6 Å². The van der Waals surface area contributed by atoms with E-state index in [0.717, 1.165) is 16.6 Å². The molecule has 1 heterocycles. The number of benzene rings is 1. The maximum absolute atomic E-state index is 11.2. The quantitative estimate of drug-likeness (QED) is 0.877. The molecule has 1 fully saturated rings. The number of halogens is 1. The molecule has 1 aliphatic heterocycles. The van der Waals surface area contributed by atoms with Gasteiger partial charge in [-0.3, -0.25) is 9.69 Å². The standard InChI is InChI=1S/C15H20BrNO4/c1-9-11(15(18)19)4-5-17(9)8-10-6-13(20-2)14(21-3)7-12(10)16/h6-7,9,11H,4-5,8H2,1-3H3,(H,18,19). The fraction of sp³-hybridized carbons (Fsp3) is 0.533. The molecule has 0 amide bonds. The topological polar surface area (TPSA) is 59.0 Å². The summed E-state index contributed by atoms with van der Waals surface area (Å²) in [4.78, 5) is 13.4. The summed E-state index contributed by atoms with van der Waals surface area (Å²) in [5.74, 6) is 0.351. The number of methoxy groups -OCH3 is 2. The lowest BCUT2D eigenvalue weighted by Crippen LogP contribution is -2.32. The van der Waals surface area contributed by atoms with Crippen LogP contribution >= 0.6 is 15.9 Å². The molecule has 5 nitrogen and oxygen atoms in total. The summed E-state index contributed by atoms with van der Waals surface area (Å²) in [5.41, 5.74) is 1.06. The number of carboxylic acids is 1. The zero-order valence-electron chi connectivity index (χ0n) is 12.4. The molecule has 0 saturated carbocycles. The lowest BCUT2D eigenvalue weighted by molar-refractivity contribution is -0.142. The predicted molar refractivity (Wildman–Crippen MR) is 82.9 cm³/mol. The highest BCUT2D eigenvalue weighted by molar-refractivity contribution is 9.10. The highest BCUT2D eigenvalue weighted by Crippen LogP contribution is 2.35.